The fourth-order valence-corrected chi connectivity index (χ4v) is 3.76. The summed E-state index contributed by atoms with van der Waals surface area (Å²) < 4.78 is 0. The highest BCUT2D eigenvalue weighted by Crippen LogP contribution is 2.43. The number of unbranched alkanes of at least 4 members (excludes halogenated alkanes) is 1. The van der Waals surface area contributed by atoms with Crippen LogP contribution in [0.25, 0.3) is 0 Å². The van der Waals surface area contributed by atoms with Crippen molar-refractivity contribution in [2.24, 2.45) is 11.3 Å². The number of nitrogens with one attached hydrogen (secondary N) is 1. The predicted molar refractivity (Wildman–Crippen MR) is 91.2 cm³/mol. The van der Waals surface area contributed by atoms with Crippen LogP contribution in [0.15, 0.2) is 0 Å². The molecule has 20 heavy (non-hydrogen) atoms. The lowest BCUT2D eigenvalue weighted by Crippen LogP contribution is -2.45. The zero-order valence-corrected chi connectivity index (χ0v) is 14.9. The van der Waals surface area contributed by atoms with Crippen molar-refractivity contribution in [3.05, 3.63) is 0 Å². The van der Waals surface area contributed by atoms with Gasteiger partial charge in [0.2, 0.25) is 0 Å². The van der Waals surface area contributed by atoms with Crippen molar-refractivity contribution in [1.29, 1.82) is 0 Å². The standard InChI is InChI=1S/C19H39N/c1-6-8-12-17(7-2)15-19(13-10-9-11-14-19)16-20-18(3,4)5/h17,20H,6-16H2,1-5H3. The molecule has 1 nitrogen and oxygen atoms in total. The maximum atomic E-state index is 3.82. The lowest BCUT2D eigenvalue weighted by molar-refractivity contribution is 0.121. The van der Waals surface area contributed by atoms with E-state index in [9.17, 15) is 0 Å². The van der Waals surface area contributed by atoms with E-state index in [-0.39, 0.29) is 5.54 Å². The average Bonchev–Trinajstić information content (AvgIpc) is 2.42. The highest BCUT2D eigenvalue weighted by Gasteiger charge is 2.34. The van der Waals surface area contributed by atoms with Crippen LogP contribution in [0.4, 0.5) is 0 Å². The number of rotatable bonds is 8. The van der Waals surface area contributed by atoms with E-state index in [1.54, 1.807) is 0 Å². The zero-order chi connectivity index (χ0) is 15.1. The van der Waals surface area contributed by atoms with Crippen molar-refractivity contribution < 1.29 is 0 Å². The molecule has 1 unspecified atom stereocenters. The van der Waals surface area contributed by atoms with Crippen LogP contribution in [0.1, 0.15) is 98.8 Å². The summed E-state index contributed by atoms with van der Waals surface area (Å²) in [5, 5.41) is 3.82. The fraction of sp³-hybridized carbons (Fsp3) is 1.00. The first kappa shape index (κ1) is 18.0. The topological polar surface area (TPSA) is 12.0 Å². The van der Waals surface area contributed by atoms with Crippen molar-refractivity contribution in [3.63, 3.8) is 0 Å². The van der Waals surface area contributed by atoms with E-state index in [2.05, 4.69) is 39.9 Å². The molecular formula is C19H39N. The van der Waals surface area contributed by atoms with Crippen LogP contribution in [-0.2, 0) is 0 Å². The zero-order valence-electron chi connectivity index (χ0n) is 14.9. The van der Waals surface area contributed by atoms with Crippen LogP contribution in [0, 0.1) is 11.3 Å². The third-order valence-corrected chi connectivity index (χ3v) is 5.17. The molecule has 0 aromatic carbocycles. The molecule has 0 amide bonds. The van der Waals surface area contributed by atoms with Gasteiger partial charge in [0.15, 0.2) is 0 Å². The van der Waals surface area contributed by atoms with E-state index in [1.165, 1.54) is 70.8 Å². The summed E-state index contributed by atoms with van der Waals surface area (Å²) in [4.78, 5) is 0. The van der Waals surface area contributed by atoms with Gasteiger partial charge >= 0.3 is 0 Å². The SMILES string of the molecule is CCCCC(CC)CC1(CNC(C)(C)C)CCCCC1. The van der Waals surface area contributed by atoms with Crippen molar-refractivity contribution in [2.75, 3.05) is 6.54 Å². The highest BCUT2D eigenvalue weighted by molar-refractivity contribution is 4.89. The van der Waals surface area contributed by atoms with Crippen LogP contribution in [0.2, 0.25) is 0 Å². The van der Waals surface area contributed by atoms with Crippen LogP contribution >= 0.6 is 0 Å². The molecule has 0 spiro atoms. The van der Waals surface area contributed by atoms with Crippen LogP contribution in [0.3, 0.4) is 0 Å². The van der Waals surface area contributed by atoms with Gasteiger partial charge in [0.05, 0.1) is 0 Å². The van der Waals surface area contributed by atoms with Gasteiger partial charge in [-0.25, -0.2) is 0 Å². The monoisotopic (exact) mass is 281 g/mol. The van der Waals surface area contributed by atoms with E-state index < -0.39 is 0 Å². The third-order valence-electron chi connectivity index (χ3n) is 5.17. The first-order valence-corrected chi connectivity index (χ1v) is 9.16. The summed E-state index contributed by atoms with van der Waals surface area (Å²) in [6, 6.07) is 0. The minimum Gasteiger partial charge on any atom is -0.312 e. The lowest BCUT2D eigenvalue weighted by atomic mass is 9.67. The largest absolute Gasteiger partial charge is 0.312 e. The summed E-state index contributed by atoms with van der Waals surface area (Å²) in [7, 11) is 0. The minimum absolute atomic E-state index is 0.260. The fourth-order valence-electron chi connectivity index (χ4n) is 3.76. The summed E-state index contributed by atoms with van der Waals surface area (Å²) in [6.07, 6.45) is 14.3. The minimum atomic E-state index is 0.260. The quantitative estimate of drug-likeness (QED) is 0.581. The smallest absolute Gasteiger partial charge is 0.00967 e. The molecule has 0 bridgehead atoms. The molecule has 0 aromatic rings. The molecule has 1 aliphatic rings. The Bertz CT molecular complexity index is 245. The maximum absolute atomic E-state index is 3.82. The average molecular weight is 282 g/mol. The Hall–Kier alpha value is -0.0400. The molecule has 1 heteroatoms. The molecule has 0 aliphatic heterocycles. The predicted octanol–water partition coefficient (Wildman–Crippen LogP) is 5.93. The van der Waals surface area contributed by atoms with Crippen molar-refractivity contribution in [1.82, 2.24) is 5.32 Å². The normalized spacial score (nSPS) is 20.9. The molecule has 1 fully saturated rings. The molecule has 1 atom stereocenters. The van der Waals surface area contributed by atoms with Crippen molar-refractivity contribution in [2.45, 2.75) is 104 Å². The molecular weight excluding hydrogens is 242 g/mol. The summed E-state index contributed by atoms with van der Waals surface area (Å²) in [5.74, 6) is 0.954. The molecule has 1 saturated carbocycles. The van der Waals surface area contributed by atoms with E-state index in [1.807, 2.05) is 0 Å². The molecule has 0 heterocycles. The maximum Gasteiger partial charge on any atom is 0.00967 e. The Balaban J connectivity index is 2.61. The summed E-state index contributed by atoms with van der Waals surface area (Å²) in [5.41, 5.74) is 0.857. The molecule has 0 aromatic heterocycles. The number of hydrogen-bond donors (Lipinski definition) is 1. The van der Waals surface area contributed by atoms with Crippen molar-refractivity contribution >= 4 is 0 Å². The summed E-state index contributed by atoms with van der Waals surface area (Å²) >= 11 is 0. The Morgan fingerprint density at radius 3 is 2.20 bits per heavy atom. The van der Waals surface area contributed by atoms with Gasteiger partial charge in [-0.15, -0.1) is 0 Å². The van der Waals surface area contributed by atoms with Gasteiger partial charge in [0, 0.05) is 12.1 Å². The van der Waals surface area contributed by atoms with E-state index >= 15 is 0 Å². The van der Waals surface area contributed by atoms with Crippen LogP contribution < -0.4 is 5.32 Å². The molecule has 0 radical (unpaired) electrons. The van der Waals surface area contributed by atoms with E-state index in [0.29, 0.717) is 5.41 Å². The summed E-state index contributed by atoms with van der Waals surface area (Å²) in [6.45, 7) is 12.9. The third kappa shape index (κ3) is 6.61. The Morgan fingerprint density at radius 1 is 1.05 bits per heavy atom. The second-order valence-corrected chi connectivity index (χ2v) is 8.28. The molecule has 1 N–H and O–H groups in total. The first-order chi connectivity index (χ1) is 9.41. The van der Waals surface area contributed by atoms with E-state index in [0.717, 1.165) is 5.92 Å². The second kappa shape index (κ2) is 8.41. The van der Waals surface area contributed by atoms with Crippen LogP contribution in [-0.4, -0.2) is 12.1 Å². The van der Waals surface area contributed by atoms with Gasteiger partial charge in [0.1, 0.15) is 0 Å². The van der Waals surface area contributed by atoms with Gasteiger partial charge in [-0.3, -0.25) is 0 Å². The molecule has 120 valence electrons. The molecule has 1 rings (SSSR count). The van der Waals surface area contributed by atoms with E-state index in [4.69, 9.17) is 0 Å². The first-order valence-electron chi connectivity index (χ1n) is 9.16. The Labute approximate surface area is 128 Å². The number of hydrogen-bond acceptors (Lipinski definition) is 1. The van der Waals surface area contributed by atoms with Gasteiger partial charge in [-0.2, -0.15) is 0 Å². The van der Waals surface area contributed by atoms with Gasteiger partial charge < -0.3 is 5.32 Å². The molecule has 0 saturated heterocycles. The van der Waals surface area contributed by atoms with Crippen molar-refractivity contribution in [3.8, 4) is 0 Å². The Kier molecular flexibility index (Phi) is 7.58. The second-order valence-electron chi connectivity index (χ2n) is 8.28. The van der Waals surface area contributed by atoms with Gasteiger partial charge in [-0.1, -0.05) is 58.8 Å². The van der Waals surface area contributed by atoms with Crippen LogP contribution in [0.5, 0.6) is 0 Å². The lowest BCUT2D eigenvalue weighted by Gasteiger charge is -2.42. The Morgan fingerprint density at radius 2 is 1.70 bits per heavy atom. The highest BCUT2D eigenvalue weighted by atomic mass is 15.0. The van der Waals surface area contributed by atoms with Gasteiger partial charge in [-0.05, 0) is 51.4 Å². The molecule has 1 aliphatic carbocycles. The van der Waals surface area contributed by atoms with Gasteiger partial charge in [0.25, 0.3) is 0 Å².